The molecule has 18 heavy (non-hydrogen) atoms. The summed E-state index contributed by atoms with van der Waals surface area (Å²) in [7, 11) is 0. The van der Waals surface area contributed by atoms with Gasteiger partial charge in [-0.3, -0.25) is 0 Å². The van der Waals surface area contributed by atoms with Gasteiger partial charge in [-0.2, -0.15) is 0 Å². The standard InChI is InChI=1S/C15H22ClNO/c1-2-18-15-9-12(10-15)8-14(17)7-11-4-3-5-13(16)6-11/h3-6,12,14-15H,2,7-10,17H2,1H3. The van der Waals surface area contributed by atoms with Crippen molar-refractivity contribution in [3.8, 4) is 0 Å². The number of halogens is 1. The SMILES string of the molecule is CCOC1CC(CC(N)Cc2cccc(Cl)c2)C1. The zero-order chi connectivity index (χ0) is 13.0. The molecule has 0 saturated heterocycles. The van der Waals surface area contributed by atoms with Gasteiger partial charge >= 0.3 is 0 Å². The summed E-state index contributed by atoms with van der Waals surface area (Å²) in [4.78, 5) is 0. The van der Waals surface area contributed by atoms with Crippen molar-refractivity contribution in [2.45, 2.75) is 44.8 Å². The quantitative estimate of drug-likeness (QED) is 0.857. The van der Waals surface area contributed by atoms with Gasteiger partial charge in [-0.1, -0.05) is 23.7 Å². The number of hydrogen-bond donors (Lipinski definition) is 1. The molecule has 100 valence electrons. The minimum absolute atomic E-state index is 0.232. The fraction of sp³-hybridized carbons (Fsp3) is 0.600. The van der Waals surface area contributed by atoms with Gasteiger partial charge in [0.05, 0.1) is 6.10 Å². The maximum atomic E-state index is 6.20. The summed E-state index contributed by atoms with van der Waals surface area (Å²) in [5.74, 6) is 0.746. The summed E-state index contributed by atoms with van der Waals surface area (Å²) < 4.78 is 5.57. The van der Waals surface area contributed by atoms with E-state index in [1.165, 1.54) is 18.4 Å². The van der Waals surface area contributed by atoms with Crippen LogP contribution < -0.4 is 5.73 Å². The first kappa shape index (κ1) is 13.9. The van der Waals surface area contributed by atoms with Crippen molar-refractivity contribution in [3.63, 3.8) is 0 Å². The average Bonchev–Trinajstić information content (AvgIpc) is 2.26. The minimum Gasteiger partial charge on any atom is -0.378 e. The van der Waals surface area contributed by atoms with Gasteiger partial charge in [-0.25, -0.2) is 0 Å². The molecule has 0 spiro atoms. The number of benzene rings is 1. The van der Waals surface area contributed by atoms with Crippen LogP contribution in [0.1, 0.15) is 31.7 Å². The lowest BCUT2D eigenvalue weighted by Gasteiger charge is -2.36. The maximum Gasteiger partial charge on any atom is 0.0580 e. The second kappa shape index (κ2) is 6.55. The molecular formula is C15H22ClNO. The number of rotatable bonds is 6. The molecule has 2 N–H and O–H groups in total. The molecule has 1 saturated carbocycles. The molecule has 2 rings (SSSR count). The van der Waals surface area contributed by atoms with E-state index in [2.05, 4.69) is 13.0 Å². The van der Waals surface area contributed by atoms with Gasteiger partial charge in [-0.15, -0.1) is 0 Å². The third kappa shape index (κ3) is 3.98. The molecular weight excluding hydrogens is 246 g/mol. The molecule has 1 aliphatic carbocycles. The van der Waals surface area contributed by atoms with Crippen LogP contribution in [0.15, 0.2) is 24.3 Å². The molecule has 1 aromatic rings. The Kier molecular flexibility index (Phi) is 5.04. The second-order valence-electron chi connectivity index (χ2n) is 5.24. The molecule has 0 bridgehead atoms. The van der Waals surface area contributed by atoms with Crippen LogP contribution in [-0.2, 0) is 11.2 Å². The molecule has 0 aliphatic heterocycles. The van der Waals surface area contributed by atoms with Gasteiger partial charge in [0.15, 0.2) is 0 Å². The van der Waals surface area contributed by atoms with E-state index in [0.717, 1.165) is 30.4 Å². The van der Waals surface area contributed by atoms with Crippen LogP contribution >= 0.6 is 11.6 Å². The fourth-order valence-corrected chi connectivity index (χ4v) is 2.93. The highest BCUT2D eigenvalue weighted by Crippen LogP contribution is 2.33. The molecule has 1 atom stereocenters. The highest BCUT2D eigenvalue weighted by molar-refractivity contribution is 6.30. The number of hydrogen-bond acceptors (Lipinski definition) is 2. The van der Waals surface area contributed by atoms with Crippen molar-refractivity contribution in [3.05, 3.63) is 34.9 Å². The van der Waals surface area contributed by atoms with E-state index >= 15 is 0 Å². The Balaban J connectivity index is 1.71. The number of nitrogens with two attached hydrogens (primary N) is 1. The van der Waals surface area contributed by atoms with Gasteiger partial charge in [-0.05, 0) is 56.2 Å². The first-order valence-corrected chi connectivity index (χ1v) is 7.16. The summed E-state index contributed by atoms with van der Waals surface area (Å²) in [5, 5.41) is 0.791. The van der Waals surface area contributed by atoms with Crippen molar-refractivity contribution in [2.75, 3.05) is 6.61 Å². The zero-order valence-corrected chi connectivity index (χ0v) is 11.7. The Morgan fingerprint density at radius 1 is 1.44 bits per heavy atom. The molecule has 1 unspecified atom stereocenters. The van der Waals surface area contributed by atoms with Crippen molar-refractivity contribution >= 4 is 11.6 Å². The highest BCUT2D eigenvalue weighted by atomic mass is 35.5. The average molecular weight is 268 g/mol. The van der Waals surface area contributed by atoms with Gasteiger partial charge in [0, 0.05) is 17.7 Å². The molecule has 1 aromatic carbocycles. The van der Waals surface area contributed by atoms with Crippen molar-refractivity contribution < 1.29 is 4.74 Å². The molecule has 1 fully saturated rings. The second-order valence-corrected chi connectivity index (χ2v) is 5.68. The predicted octanol–water partition coefficient (Wildman–Crippen LogP) is 3.42. The Labute approximate surface area is 114 Å². The molecule has 2 nitrogen and oxygen atoms in total. The van der Waals surface area contributed by atoms with E-state index in [0.29, 0.717) is 6.10 Å². The third-order valence-electron chi connectivity index (χ3n) is 3.62. The topological polar surface area (TPSA) is 35.2 Å². The van der Waals surface area contributed by atoms with Crippen molar-refractivity contribution in [1.29, 1.82) is 0 Å². The lowest BCUT2D eigenvalue weighted by atomic mass is 9.77. The van der Waals surface area contributed by atoms with E-state index in [-0.39, 0.29) is 6.04 Å². The van der Waals surface area contributed by atoms with E-state index in [1.807, 2.05) is 18.2 Å². The van der Waals surface area contributed by atoms with E-state index in [1.54, 1.807) is 0 Å². The molecule has 3 heteroatoms. The largest absolute Gasteiger partial charge is 0.378 e. The minimum atomic E-state index is 0.232. The van der Waals surface area contributed by atoms with Crippen LogP contribution in [0.4, 0.5) is 0 Å². The van der Waals surface area contributed by atoms with Crippen LogP contribution in [0.2, 0.25) is 5.02 Å². The van der Waals surface area contributed by atoms with Gasteiger partial charge in [0.25, 0.3) is 0 Å². The van der Waals surface area contributed by atoms with Crippen LogP contribution in [-0.4, -0.2) is 18.8 Å². The van der Waals surface area contributed by atoms with Crippen molar-refractivity contribution in [2.24, 2.45) is 11.7 Å². The lowest BCUT2D eigenvalue weighted by Crippen LogP contribution is -2.36. The zero-order valence-electron chi connectivity index (χ0n) is 10.9. The van der Waals surface area contributed by atoms with E-state index in [4.69, 9.17) is 22.1 Å². The highest BCUT2D eigenvalue weighted by Gasteiger charge is 2.30. The molecule has 0 radical (unpaired) electrons. The van der Waals surface area contributed by atoms with Crippen LogP contribution in [0.5, 0.6) is 0 Å². The summed E-state index contributed by atoms with van der Waals surface area (Å²) in [6.45, 7) is 2.88. The van der Waals surface area contributed by atoms with Gasteiger partial charge < -0.3 is 10.5 Å². The van der Waals surface area contributed by atoms with Gasteiger partial charge in [0.1, 0.15) is 0 Å². The monoisotopic (exact) mass is 267 g/mol. The third-order valence-corrected chi connectivity index (χ3v) is 3.85. The summed E-state index contributed by atoms with van der Waals surface area (Å²) in [6, 6.07) is 8.21. The van der Waals surface area contributed by atoms with Crippen LogP contribution in [0, 0.1) is 5.92 Å². The summed E-state index contributed by atoms with van der Waals surface area (Å²) in [5.41, 5.74) is 7.43. The molecule has 1 aliphatic rings. The maximum absolute atomic E-state index is 6.20. The van der Waals surface area contributed by atoms with Crippen LogP contribution in [0.25, 0.3) is 0 Å². The normalized spacial score (nSPS) is 24.6. The van der Waals surface area contributed by atoms with Gasteiger partial charge in [0.2, 0.25) is 0 Å². The van der Waals surface area contributed by atoms with Crippen molar-refractivity contribution in [1.82, 2.24) is 0 Å². The first-order chi connectivity index (χ1) is 8.67. The first-order valence-electron chi connectivity index (χ1n) is 6.79. The van der Waals surface area contributed by atoms with Crippen LogP contribution in [0.3, 0.4) is 0 Å². The smallest absolute Gasteiger partial charge is 0.0580 e. The Morgan fingerprint density at radius 2 is 2.22 bits per heavy atom. The van der Waals surface area contributed by atoms with E-state index in [9.17, 15) is 0 Å². The number of ether oxygens (including phenoxy) is 1. The summed E-state index contributed by atoms with van der Waals surface area (Å²) >= 11 is 5.97. The lowest BCUT2D eigenvalue weighted by molar-refractivity contribution is -0.0280. The fourth-order valence-electron chi connectivity index (χ4n) is 2.72. The molecule has 0 heterocycles. The predicted molar refractivity (Wildman–Crippen MR) is 75.9 cm³/mol. The Morgan fingerprint density at radius 3 is 2.89 bits per heavy atom. The van der Waals surface area contributed by atoms with E-state index < -0.39 is 0 Å². The molecule has 0 aromatic heterocycles. The summed E-state index contributed by atoms with van der Waals surface area (Å²) in [6.07, 6.45) is 4.85. The molecule has 0 amide bonds. The Hall–Kier alpha value is -0.570. The Bertz CT molecular complexity index is 377.